The van der Waals surface area contributed by atoms with Crippen LogP contribution in [-0.2, 0) is 12.2 Å². The van der Waals surface area contributed by atoms with E-state index < -0.39 is 0 Å². The van der Waals surface area contributed by atoms with Gasteiger partial charge in [-0.05, 0) is 30.0 Å². The van der Waals surface area contributed by atoms with Crippen LogP contribution in [0.3, 0.4) is 0 Å². The molecule has 0 fully saturated rings. The first-order valence-corrected chi connectivity index (χ1v) is 8.95. The van der Waals surface area contributed by atoms with Crippen LogP contribution in [0, 0.1) is 6.92 Å². The van der Waals surface area contributed by atoms with Crippen LogP contribution in [0.1, 0.15) is 29.2 Å². The maximum Gasteiger partial charge on any atom is 0.212 e. The molecular formula is C19H20N4S. The van der Waals surface area contributed by atoms with Crippen LogP contribution in [0.4, 0.5) is 0 Å². The normalized spacial score (nSPS) is 11.2. The van der Waals surface area contributed by atoms with E-state index in [-0.39, 0.29) is 0 Å². The van der Waals surface area contributed by atoms with E-state index in [0.717, 1.165) is 22.9 Å². The van der Waals surface area contributed by atoms with Gasteiger partial charge in [0, 0.05) is 5.75 Å². The average Bonchev–Trinajstić information content (AvgIpc) is 3.07. The van der Waals surface area contributed by atoms with Crippen molar-refractivity contribution in [3.05, 3.63) is 77.1 Å². The van der Waals surface area contributed by atoms with Crippen molar-refractivity contribution in [3.63, 3.8) is 0 Å². The molecule has 122 valence electrons. The molecular weight excluding hydrogens is 316 g/mol. The van der Waals surface area contributed by atoms with E-state index in [1.165, 1.54) is 16.7 Å². The fourth-order valence-corrected chi connectivity index (χ4v) is 3.01. The van der Waals surface area contributed by atoms with Gasteiger partial charge < -0.3 is 0 Å². The van der Waals surface area contributed by atoms with Gasteiger partial charge in [0.2, 0.25) is 5.16 Å². The second-order valence-electron chi connectivity index (χ2n) is 5.57. The lowest BCUT2D eigenvalue weighted by molar-refractivity contribution is 0.767. The summed E-state index contributed by atoms with van der Waals surface area (Å²) in [6.07, 6.45) is 4.51. The van der Waals surface area contributed by atoms with Gasteiger partial charge in [0.15, 0.2) is 0 Å². The van der Waals surface area contributed by atoms with Crippen molar-refractivity contribution in [2.75, 3.05) is 0 Å². The zero-order valence-electron chi connectivity index (χ0n) is 13.9. The summed E-state index contributed by atoms with van der Waals surface area (Å²) in [5.74, 6) is 0.847. The van der Waals surface area contributed by atoms with Gasteiger partial charge in [-0.1, -0.05) is 72.8 Å². The summed E-state index contributed by atoms with van der Waals surface area (Å²) >= 11 is 1.63. The molecule has 0 bridgehead atoms. The van der Waals surface area contributed by atoms with E-state index in [1.54, 1.807) is 22.8 Å². The quantitative estimate of drug-likeness (QED) is 0.497. The molecule has 1 aromatic heterocycles. The maximum absolute atomic E-state index is 4.46. The third-order valence-electron chi connectivity index (χ3n) is 3.71. The van der Waals surface area contributed by atoms with Crippen LogP contribution in [0.25, 0.3) is 0 Å². The van der Waals surface area contributed by atoms with Gasteiger partial charge in [0.05, 0.1) is 6.21 Å². The minimum absolute atomic E-state index is 0.789. The molecule has 0 radical (unpaired) electrons. The highest BCUT2D eigenvalue weighted by atomic mass is 32.2. The Morgan fingerprint density at radius 3 is 2.46 bits per heavy atom. The summed E-state index contributed by atoms with van der Waals surface area (Å²) in [7, 11) is 0. The zero-order valence-corrected chi connectivity index (χ0v) is 14.7. The molecule has 0 amide bonds. The van der Waals surface area contributed by atoms with Crippen molar-refractivity contribution >= 4 is 18.0 Å². The first kappa shape index (κ1) is 16.5. The molecule has 2 aromatic carbocycles. The lowest BCUT2D eigenvalue weighted by atomic mass is 10.1. The van der Waals surface area contributed by atoms with Crippen molar-refractivity contribution in [2.45, 2.75) is 31.2 Å². The van der Waals surface area contributed by atoms with E-state index >= 15 is 0 Å². The molecule has 1 heterocycles. The predicted molar refractivity (Wildman–Crippen MR) is 99.6 cm³/mol. The number of thioether (sulfide) groups is 1. The lowest BCUT2D eigenvalue weighted by Gasteiger charge is -2.02. The minimum Gasteiger partial charge on any atom is -0.195 e. The minimum atomic E-state index is 0.789. The first-order chi connectivity index (χ1) is 11.7. The molecule has 3 aromatic rings. The molecule has 0 saturated heterocycles. The SMILES string of the molecule is CCc1ccc(/C=N\n2cnnc2SCc2ccc(C)cc2)cc1. The number of hydrogen-bond donors (Lipinski definition) is 0. The molecule has 5 heteroatoms. The molecule has 0 atom stereocenters. The van der Waals surface area contributed by atoms with Gasteiger partial charge in [-0.25, -0.2) is 0 Å². The van der Waals surface area contributed by atoms with Crippen LogP contribution < -0.4 is 0 Å². The van der Waals surface area contributed by atoms with Crippen molar-refractivity contribution in [1.29, 1.82) is 0 Å². The topological polar surface area (TPSA) is 43.1 Å². The number of hydrogen-bond acceptors (Lipinski definition) is 4. The Hall–Kier alpha value is -2.40. The maximum atomic E-state index is 4.46. The van der Waals surface area contributed by atoms with Gasteiger partial charge in [0.25, 0.3) is 0 Å². The number of aromatic nitrogens is 3. The number of aryl methyl sites for hydroxylation is 2. The Labute approximate surface area is 146 Å². The Balaban J connectivity index is 1.65. The van der Waals surface area contributed by atoms with Crippen LogP contribution in [0.2, 0.25) is 0 Å². The zero-order chi connectivity index (χ0) is 16.8. The third kappa shape index (κ3) is 4.32. The van der Waals surface area contributed by atoms with Crippen LogP contribution in [0.15, 0.2) is 65.1 Å². The van der Waals surface area contributed by atoms with Gasteiger partial charge in [-0.15, -0.1) is 10.2 Å². The van der Waals surface area contributed by atoms with Crippen molar-refractivity contribution in [2.24, 2.45) is 5.10 Å². The van der Waals surface area contributed by atoms with Crippen molar-refractivity contribution in [1.82, 2.24) is 14.9 Å². The Morgan fingerprint density at radius 1 is 1.04 bits per heavy atom. The Kier molecular flexibility index (Phi) is 5.43. The molecule has 24 heavy (non-hydrogen) atoms. The Morgan fingerprint density at radius 2 is 1.75 bits per heavy atom. The summed E-state index contributed by atoms with van der Waals surface area (Å²) in [6.45, 7) is 4.24. The number of nitrogens with zero attached hydrogens (tertiary/aromatic N) is 4. The van der Waals surface area contributed by atoms with Gasteiger partial charge in [-0.3, -0.25) is 0 Å². The fraction of sp³-hybridized carbons (Fsp3) is 0.211. The Bertz CT molecular complexity index is 804. The van der Waals surface area contributed by atoms with E-state index in [1.807, 2.05) is 6.21 Å². The summed E-state index contributed by atoms with van der Waals surface area (Å²) in [4.78, 5) is 0. The van der Waals surface area contributed by atoms with E-state index in [9.17, 15) is 0 Å². The molecule has 0 saturated carbocycles. The average molecular weight is 336 g/mol. The van der Waals surface area contributed by atoms with Gasteiger partial charge in [-0.2, -0.15) is 9.78 Å². The largest absolute Gasteiger partial charge is 0.212 e. The second-order valence-corrected chi connectivity index (χ2v) is 6.51. The molecule has 0 aliphatic carbocycles. The molecule has 0 unspecified atom stereocenters. The molecule has 0 aliphatic rings. The standard InChI is InChI=1S/C19H20N4S/c1-3-16-8-10-17(11-9-16)12-21-23-14-20-22-19(23)24-13-18-6-4-15(2)5-7-18/h4-12,14H,3,13H2,1-2H3/b21-12-. The molecule has 3 rings (SSSR count). The molecule has 4 nitrogen and oxygen atoms in total. The molecule has 0 aliphatic heterocycles. The number of benzene rings is 2. The summed E-state index contributed by atoms with van der Waals surface area (Å²) in [6, 6.07) is 16.9. The second kappa shape index (κ2) is 7.93. The molecule has 0 N–H and O–H groups in total. The van der Waals surface area contributed by atoms with Crippen molar-refractivity contribution < 1.29 is 0 Å². The van der Waals surface area contributed by atoms with Crippen LogP contribution in [0.5, 0.6) is 0 Å². The van der Waals surface area contributed by atoms with Crippen LogP contribution in [-0.4, -0.2) is 21.1 Å². The smallest absolute Gasteiger partial charge is 0.195 e. The summed E-state index contributed by atoms with van der Waals surface area (Å²) in [5.41, 5.74) is 4.92. The van der Waals surface area contributed by atoms with E-state index in [2.05, 4.69) is 77.7 Å². The highest BCUT2D eigenvalue weighted by Crippen LogP contribution is 2.20. The summed E-state index contributed by atoms with van der Waals surface area (Å²) < 4.78 is 1.71. The van der Waals surface area contributed by atoms with Gasteiger partial charge in [0.1, 0.15) is 6.33 Å². The third-order valence-corrected chi connectivity index (χ3v) is 4.71. The van der Waals surface area contributed by atoms with E-state index in [4.69, 9.17) is 0 Å². The highest BCUT2D eigenvalue weighted by Gasteiger charge is 2.04. The highest BCUT2D eigenvalue weighted by molar-refractivity contribution is 7.98. The first-order valence-electron chi connectivity index (χ1n) is 7.96. The fourth-order valence-electron chi connectivity index (χ4n) is 2.19. The van der Waals surface area contributed by atoms with Gasteiger partial charge >= 0.3 is 0 Å². The summed E-state index contributed by atoms with van der Waals surface area (Å²) in [5, 5.41) is 13.4. The number of rotatable bonds is 6. The molecule has 0 spiro atoms. The van der Waals surface area contributed by atoms with E-state index in [0.29, 0.717) is 0 Å². The predicted octanol–water partition coefficient (Wildman–Crippen LogP) is 4.32. The monoisotopic (exact) mass is 336 g/mol. The van der Waals surface area contributed by atoms with Crippen molar-refractivity contribution in [3.8, 4) is 0 Å². The van der Waals surface area contributed by atoms with Crippen LogP contribution >= 0.6 is 11.8 Å². The lowest BCUT2D eigenvalue weighted by Crippen LogP contribution is -1.93.